The summed E-state index contributed by atoms with van der Waals surface area (Å²) in [4.78, 5) is 32.9. The van der Waals surface area contributed by atoms with Gasteiger partial charge in [-0.25, -0.2) is 4.57 Å². The number of rotatable bonds is 12. The number of fused-ring (bicyclic) bond motifs is 8. The van der Waals surface area contributed by atoms with Gasteiger partial charge in [-0.15, -0.1) is 0 Å². The van der Waals surface area contributed by atoms with E-state index in [9.17, 15) is 0 Å². The average Bonchev–Trinajstić information content (AvgIpc) is 3.77. The number of anilines is 3. The molecular weight excluding hydrogens is 891 g/mol. The Morgan fingerprint density at radius 1 is 0.493 bits per heavy atom. The van der Waals surface area contributed by atoms with Gasteiger partial charge in [0.15, 0.2) is 0 Å². The summed E-state index contributed by atoms with van der Waals surface area (Å²) in [7, 11) is 0. The SMILES string of the molecule is CCCCC(CC)Cn1c2cc(N(c3ccc4c(c3)C(C)(C)c3ccccc3-4)c3ccc4c(c3)C(C)(C)c3ccccc3-4)ccc2c2ccc3c(=O)n(-c4c(C(C)C)cccc4C(C)C)c(=O)c4ccc1c2c34. The van der Waals surface area contributed by atoms with E-state index in [1.54, 1.807) is 0 Å². The van der Waals surface area contributed by atoms with Gasteiger partial charge in [-0.3, -0.25) is 9.59 Å². The predicted molar refractivity (Wildman–Crippen MR) is 309 cm³/mol. The fraction of sp³-hybridized carbons (Fsp3) is 0.294. The number of hydrogen-bond acceptors (Lipinski definition) is 3. The predicted octanol–water partition coefficient (Wildman–Crippen LogP) is 17.6. The van der Waals surface area contributed by atoms with Crippen molar-refractivity contribution in [1.82, 2.24) is 9.13 Å². The van der Waals surface area contributed by atoms with E-state index in [4.69, 9.17) is 0 Å². The number of unbranched alkanes of at least 4 members (excludes halogenated alkanes) is 1. The first kappa shape index (κ1) is 46.8. The minimum Gasteiger partial charge on any atom is -0.340 e. The molecule has 2 aromatic heterocycles. The van der Waals surface area contributed by atoms with Crippen molar-refractivity contribution in [3.8, 4) is 27.9 Å². The van der Waals surface area contributed by atoms with Crippen LogP contribution in [-0.4, -0.2) is 9.13 Å². The molecule has 366 valence electrons. The van der Waals surface area contributed by atoms with E-state index in [2.05, 4.69) is 212 Å². The highest BCUT2D eigenvalue weighted by Gasteiger charge is 2.38. The van der Waals surface area contributed by atoms with Crippen molar-refractivity contribution < 1.29 is 0 Å². The van der Waals surface area contributed by atoms with Crippen LogP contribution < -0.4 is 16.0 Å². The molecule has 10 aromatic rings. The van der Waals surface area contributed by atoms with E-state index in [-0.39, 0.29) is 33.8 Å². The molecule has 0 spiro atoms. The highest BCUT2D eigenvalue weighted by molar-refractivity contribution is 6.27. The maximum absolute atomic E-state index is 15.2. The minimum atomic E-state index is -0.254. The Balaban J connectivity index is 1.12. The van der Waals surface area contributed by atoms with Crippen LogP contribution in [0.4, 0.5) is 17.1 Å². The smallest absolute Gasteiger partial charge is 0.266 e. The molecule has 5 nitrogen and oxygen atoms in total. The Hall–Kier alpha value is -7.24. The third-order valence-electron chi connectivity index (χ3n) is 17.3. The van der Waals surface area contributed by atoms with Gasteiger partial charge < -0.3 is 9.47 Å². The molecule has 0 N–H and O–H groups in total. The molecule has 0 bridgehead atoms. The first-order valence-electron chi connectivity index (χ1n) is 27.0. The molecule has 73 heavy (non-hydrogen) atoms. The van der Waals surface area contributed by atoms with Gasteiger partial charge in [0, 0.05) is 66.9 Å². The van der Waals surface area contributed by atoms with Gasteiger partial charge in [0.25, 0.3) is 11.1 Å². The van der Waals surface area contributed by atoms with Crippen LogP contribution in [0.3, 0.4) is 0 Å². The Kier molecular flexibility index (Phi) is 11.0. The largest absolute Gasteiger partial charge is 0.340 e. The van der Waals surface area contributed by atoms with Gasteiger partial charge in [-0.2, -0.15) is 0 Å². The van der Waals surface area contributed by atoms with E-state index in [1.165, 1.54) is 49.1 Å². The van der Waals surface area contributed by atoms with Crippen LogP contribution in [0.2, 0.25) is 0 Å². The lowest BCUT2D eigenvalue weighted by Gasteiger charge is -2.30. The van der Waals surface area contributed by atoms with Gasteiger partial charge in [0.1, 0.15) is 0 Å². The van der Waals surface area contributed by atoms with Crippen LogP contribution in [0.15, 0.2) is 155 Å². The number of benzene rings is 8. The number of para-hydroxylation sites is 1. The second kappa shape index (κ2) is 17.2. The molecule has 1 unspecified atom stereocenters. The molecule has 12 rings (SSSR count). The summed E-state index contributed by atoms with van der Waals surface area (Å²) in [5.41, 5.74) is 18.0. The Morgan fingerprint density at radius 3 is 1.53 bits per heavy atom. The average molecular weight is 958 g/mol. The van der Waals surface area contributed by atoms with Gasteiger partial charge >= 0.3 is 0 Å². The van der Waals surface area contributed by atoms with E-state index in [0.717, 1.165) is 98.7 Å². The zero-order valence-electron chi connectivity index (χ0n) is 44.3. The van der Waals surface area contributed by atoms with Crippen molar-refractivity contribution in [3.63, 3.8) is 0 Å². The van der Waals surface area contributed by atoms with Crippen molar-refractivity contribution in [2.75, 3.05) is 4.90 Å². The van der Waals surface area contributed by atoms with Crippen molar-refractivity contribution in [2.24, 2.45) is 5.92 Å². The standard InChI is InChI=1S/C68H67N3O2/c1-11-13-19-42(12-2)39-69-60-35-34-55-62-54(65(72)71(66(55)73)64-46(40(3)4)22-18-23-47(64)41(5)6)33-32-53(63(60)62)52-31-28-45(38-61(52)69)70(43-26-29-50-48-20-14-16-24-56(48)67(7,8)58(50)36-43)44-27-30-51-49-21-15-17-25-57(49)68(9,10)59(51)37-44/h14-18,20-38,40-42H,11-13,19,39H2,1-10H3. The molecule has 2 aliphatic rings. The molecule has 0 fully saturated rings. The Bertz CT molecular complexity index is 3830. The number of hydrogen-bond donors (Lipinski definition) is 0. The quantitative estimate of drug-likeness (QED) is 0.0905. The molecule has 0 radical (unpaired) electrons. The van der Waals surface area contributed by atoms with Crippen molar-refractivity contribution in [2.45, 2.75) is 124 Å². The van der Waals surface area contributed by atoms with Crippen LogP contribution in [0.1, 0.15) is 140 Å². The second-order valence-corrected chi connectivity index (χ2v) is 22.9. The normalized spacial score (nSPS) is 14.7. The van der Waals surface area contributed by atoms with Crippen LogP contribution in [0.5, 0.6) is 0 Å². The molecule has 8 aromatic carbocycles. The van der Waals surface area contributed by atoms with E-state index < -0.39 is 0 Å². The zero-order chi connectivity index (χ0) is 50.8. The lowest BCUT2D eigenvalue weighted by Crippen LogP contribution is -2.33. The lowest BCUT2D eigenvalue weighted by molar-refractivity contribution is 0.400. The molecular formula is C68H67N3O2. The molecule has 0 saturated heterocycles. The zero-order valence-corrected chi connectivity index (χ0v) is 44.3. The summed E-state index contributed by atoms with van der Waals surface area (Å²) in [6, 6.07) is 53.5. The van der Waals surface area contributed by atoms with Crippen molar-refractivity contribution in [3.05, 3.63) is 200 Å². The number of nitrogens with zero attached hydrogens (tertiary/aromatic N) is 3. The van der Waals surface area contributed by atoms with Crippen molar-refractivity contribution >= 4 is 60.4 Å². The first-order valence-corrected chi connectivity index (χ1v) is 27.0. The Labute approximate surface area is 430 Å². The van der Waals surface area contributed by atoms with E-state index >= 15 is 9.59 Å². The van der Waals surface area contributed by atoms with Gasteiger partial charge in [0.05, 0.1) is 11.2 Å². The summed E-state index contributed by atoms with van der Waals surface area (Å²) < 4.78 is 4.03. The first-order chi connectivity index (χ1) is 35.1. The summed E-state index contributed by atoms with van der Waals surface area (Å²) in [5, 5.41) is 5.07. The summed E-state index contributed by atoms with van der Waals surface area (Å²) in [5.74, 6) is 0.672. The maximum Gasteiger partial charge on any atom is 0.266 e. The second-order valence-electron chi connectivity index (χ2n) is 22.9. The fourth-order valence-electron chi connectivity index (χ4n) is 13.3. The highest BCUT2D eigenvalue weighted by Crippen LogP contribution is 2.53. The molecule has 0 saturated carbocycles. The fourth-order valence-corrected chi connectivity index (χ4v) is 13.3. The monoisotopic (exact) mass is 958 g/mol. The summed E-state index contributed by atoms with van der Waals surface area (Å²) >= 11 is 0. The number of pyridine rings is 2. The van der Waals surface area contributed by atoms with Crippen LogP contribution in [0, 0.1) is 5.92 Å². The Morgan fingerprint density at radius 2 is 0.986 bits per heavy atom. The summed E-state index contributed by atoms with van der Waals surface area (Å²) in [6.45, 7) is 23.4. The molecule has 2 aliphatic carbocycles. The highest BCUT2D eigenvalue weighted by atomic mass is 16.2. The van der Waals surface area contributed by atoms with E-state index in [0.29, 0.717) is 16.7 Å². The molecule has 2 heterocycles. The minimum absolute atomic E-state index is 0.120. The van der Waals surface area contributed by atoms with Crippen molar-refractivity contribution in [1.29, 1.82) is 0 Å². The molecule has 1 atom stereocenters. The third kappa shape index (κ3) is 6.94. The summed E-state index contributed by atoms with van der Waals surface area (Å²) in [6.07, 6.45) is 4.47. The topological polar surface area (TPSA) is 47.2 Å². The van der Waals surface area contributed by atoms with Crippen LogP contribution in [0.25, 0.3) is 71.3 Å². The van der Waals surface area contributed by atoms with Gasteiger partial charge in [-0.05, 0) is 140 Å². The molecule has 0 aliphatic heterocycles. The van der Waals surface area contributed by atoms with Gasteiger partial charge in [-0.1, -0.05) is 179 Å². The van der Waals surface area contributed by atoms with Gasteiger partial charge in [0.2, 0.25) is 0 Å². The van der Waals surface area contributed by atoms with Crippen LogP contribution >= 0.6 is 0 Å². The lowest BCUT2D eigenvalue weighted by atomic mass is 9.82. The molecule has 5 heteroatoms. The molecule has 0 amide bonds. The third-order valence-corrected chi connectivity index (χ3v) is 17.3. The van der Waals surface area contributed by atoms with Crippen LogP contribution in [-0.2, 0) is 17.4 Å². The number of aromatic nitrogens is 2. The maximum atomic E-state index is 15.2. The van der Waals surface area contributed by atoms with E-state index in [1.807, 2.05) is 12.1 Å².